The van der Waals surface area contributed by atoms with Gasteiger partial charge in [0.2, 0.25) is 0 Å². The van der Waals surface area contributed by atoms with Gasteiger partial charge in [-0.15, -0.1) is 0 Å². The van der Waals surface area contributed by atoms with Crippen molar-refractivity contribution in [2.75, 3.05) is 0 Å². The Morgan fingerprint density at radius 3 is 2.50 bits per heavy atom. The number of fused-ring (bicyclic) bond motifs is 1. The van der Waals surface area contributed by atoms with E-state index in [0.29, 0.717) is 4.83 Å². The molecule has 2 aromatic rings. The van der Waals surface area contributed by atoms with Gasteiger partial charge in [0.1, 0.15) is 5.82 Å². The van der Waals surface area contributed by atoms with Gasteiger partial charge in [0, 0.05) is 10.2 Å². The van der Waals surface area contributed by atoms with Crippen molar-refractivity contribution in [3.8, 4) is 0 Å². The van der Waals surface area contributed by atoms with Crippen LogP contribution in [0, 0.1) is 5.82 Å². The summed E-state index contributed by atoms with van der Waals surface area (Å²) in [4.78, 5) is 0.314. The second kappa shape index (κ2) is 6.33. The molecule has 0 radical (unpaired) electrons. The maximum atomic E-state index is 13.7. The Hall–Kier alpha value is -0.890. The van der Waals surface area contributed by atoms with Crippen LogP contribution in [0.4, 0.5) is 4.39 Å². The van der Waals surface area contributed by atoms with E-state index in [4.69, 9.17) is 0 Å². The van der Waals surface area contributed by atoms with Crippen molar-refractivity contribution in [1.82, 2.24) is 0 Å². The van der Waals surface area contributed by atoms with Gasteiger partial charge in [0.25, 0.3) is 0 Å². The Kier molecular flexibility index (Phi) is 4.76. The molecule has 0 spiro atoms. The quantitative estimate of drug-likeness (QED) is 0.470. The third-order valence-corrected chi connectivity index (χ3v) is 4.25. The summed E-state index contributed by atoms with van der Waals surface area (Å²) in [7, 11) is 0. The van der Waals surface area contributed by atoms with Crippen LogP contribution in [-0.4, -0.2) is 0 Å². The number of rotatable bonds is 5. The molecule has 0 amide bonds. The zero-order valence-electron chi connectivity index (χ0n) is 10.6. The molecular formula is C16H18BrF. The zero-order valence-corrected chi connectivity index (χ0v) is 12.2. The van der Waals surface area contributed by atoms with Crippen LogP contribution in [-0.2, 0) is 0 Å². The van der Waals surface area contributed by atoms with Crippen LogP contribution in [0.1, 0.15) is 43.0 Å². The van der Waals surface area contributed by atoms with Gasteiger partial charge in [-0.1, -0.05) is 72.4 Å². The van der Waals surface area contributed by atoms with Gasteiger partial charge in [0.05, 0.1) is 0 Å². The predicted molar refractivity (Wildman–Crippen MR) is 79.7 cm³/mol. The van der Waals surface area contributed by atoms with E-state index in [-0.39, 0.29) is 5.82 Å². The van der Waals surface area contributed by atoms with E-state index in [0.717, 1.165) is 17.2 Å². The van der Waals surface area contributed by atoms with Gasteiger partial charge in [-0.05, 0) is 23.4 Å². The molecule has 0 aliphatic carbocycles. The van der Waals surface area contributed by atoms with Crippen molar-refractivity contribution in [1.29, 1.82) is 0 Å². The number of unbranched alkanes of at least 4 members (excludes halogenated alkanes) is 2. The van der Waals surface area contributed by atoms with Crippen molar-refractivity contribution in [3.05, 3.63) is 47.8 Å². The molecule has 0 bridgehead atoms. The van der Waals surface area contributed by atoms with Crippen molar-refractivity contribution >= 4 is 26.7 Å². The summed E-state index contributed by atoms with van der Waals surface area (Å²) in [5, 5.41) is 1.74. The normalized spacial score (nSPS) is 12.8. The summed E-state index contributed by atoms with van der Waals surface area (Å²) < 4.78 is 13.7. The first-order valence-electron chi connectivity index (χ1n) is 6.55. The minimum Gasteiger partial charge on any atom is -0.206 e. The molecular weight excluding hydrogens is 291 g/mol. The summed E-state index contributed by atoms with van der Waals surface area (Å²) in [6, 6.07) is 11.2. The fourth-order valence-electron chi connectivity index (χ4n) is 2.29. The van der Waals surface area contributed by atoms with E-state index in [9.17, 15) is 4.39 Å². The first-order valence-corrected chi connectivity index (χ1v) is 7.46. The molecule has 0 saturated carbocycles. The van der Waals surface area contributed by atoms with Gasteiger partial charge >= 0.3 is 0 Å². The standard InChI is InChI=1S/C16H18BrF/c1-2-3-4-9-15(17)13-10-11-16(18)14-8-6-5-7-12(13)14/h5-8,10-11,15H,2-4,9H2,1H3. The summed E-state index contributed by atoms with van der Waals surface area (Å²) in [6.45, 7) is 2.20. The number of benzene rings is 2. The van der Waals surface area contributed by atoms with Crippen LogP contribution in [0.15, 0.2) is 36.4 Å². The Bertz CT molecular complexity index is 521. The van der Waals surface area contributed by atoms with Crippen molar-refractivity contribution in [3.63, 3.8) is 0 Å². The molecule has 0 saturated heterocycles. The minimum atomic E-state index is -0.136. The van der Waals surface area contributed by atoms with Gasteiger partial charge in [-0.3, -0.25) is 0 Å². The molecule has 0 aromatic heterocycles. The Balaban J connectivity index is 2.30. The van der Waals surface area contributed by atoms with Crippen LogP contribution in [0.25, 0.3) is 10.8 Å². The molecule has 2 heteroatoms. The highest BCUT2D eigenvalue weighted by atomic mass is 79.9. The van der Waals surface area contributed by atoms with E-state index in [1.165, 1.54) is 24.8 Å². The second-order valence-corrected chi connectivity index (χ2v) is 5.75. The molecule has 96 valence electrons. The Morgan fingerprint density at radius 1 is 1.06 bits per heavy atom. The maximum absolute atomic E-state index is 13.7. The fourth-order valence-corrected chi connectivity index (χ4v) is 3.01. The zero-order chi connectivity index (χ0) is 13.0. The molecule has 0 fully saturated rings. The molecule has 0 aliphatic rings. The monoisotopic (exact) mass is 308 g/mol. The average Bonchev–Trinajstić information content (AvgIpc) is 2.39. The second-order valence-electron chi connectivity index (χ2n) is 4.65. The molecule has 0 heterocycles. The molecule has 2 rings (SSSR count). The highest BCUT2D eigenvalue weighted by molar-refractivity contribution is 9.09. The van der Waals surface area contributed by atoms with E-state index >= 15 is 0 Å². The number of alkyl halides is 1. The summed E-state index contributed by atoms with van der Waals surface area (Å²) >= 11 is 3.74. The van der Waals surface area contributed by atoms with Gasteiger partial charge in [-0.25, -0.2) is 4.39 Å². The molecule has 0 nitrogen and oxygen atoms in total. The third kappa shape index (κ3) is 2.92. The molecule has 0 N–H and O–H groups in total. The van der Waals surface area contributed by atoms with Gasteiger partial charge < -0.3 is 0 Å². The predicted octanol–water partition coefficient (Wildman–Crippen LogP) is 6.00. The molecule has 2 aromatic carbocycles. The largest absolute Gasteiger partial charge is 0.206 e. The lowest BCUT2D eigenvalue weighted by atomic mass is 9.99. The van der Waals surface area contributed by atoms with Crippen LogP contribution in [0.3, 0.4) is 0 Å². The topological polar surface area (TPSA) is 0 Å². The number of hydrogen-bond acceptors (Lipinski definition) is 0. The van der Waals surface area contributed by atoms with Crippen molar-refractivity contribution in [2.45, 2.75) is 37.4 Å². The lowest BCUT2D eigenvalue weighted by molar-refractivity contribution is 0.637. The molecule has 1 unspecified atom stereocenters. The van der Waals surface area contributed by atoms with Gasteiger partial charge in [0.15, 0.2) is 0 Å². The molecule has 18 heavy (non-hydrogen) atoms. The minimum absolute atomic E-state index is 0.136. The highest BCUT2D eigenvalue weighted by Gasteiger charge is 2.12. The van der Waals surface area contributed by atoms with Crippen LogP contribution >= 0.6 is 15.9 Å². The van der Waals surface area contributed by atoms with E-state index < -0.39 is 0 Å². The fraction of sp³-hybridized carbons (Fsp3) is 0.375. The van der Waals surface area contributed by atoms with Crippen molar-refractivity contribution < 1.29 is 4.39 Å². The summed E-state index contributed by atoms with van der Waals surface area (Å²) in [5.41, 5.74) is 1.20. The van der Waals surface area contributed by atoms with E-state index in [1.54, 1.807) is 6.07 Å². The van der Waals surface area contributed by atoms with E-state index in [2.05, 4.69) is 22.9 Å². The Labute approximate surface area is 116 Å². The van der Waals surface area contributed by atoms with Crippen molar-refractivity contribution in [2.24, 2.45) is 0 Å². The average molecular weight is 309 g/mol. The summed E-state index contributed by atoms with van der Waals surface area (Å²) in [5.74, 6) is -0.136. The van der Waals surface area contributed by atoms with Gasteiger partial charge in [-0.2, -0.15) is 0 Å². The SMILES string of the molecule is CCCCCC(Br)c1ccc(F)c2ccccc12. The maximum Gasteiger partial charge on any atom is 0.131 e. The van der Waals surface area contributed by atoms with Crippen LogP contribution < -0.4 is 0 Å². The highest BCUT2D eigenvalue weighted by Crippen LogP contribution is 2.34. The number of hydrogen-bond donors (Lipinski definition) is 0. The Morgan fingerprint density at radius 2 is 1.78 bits per heavy atom. The molecule has 1 atom stereocenters. The molecule has 0 aliphatic heterocycles. The lowest BCUT2D eigenvalue weighted by Gasteiger charge is -2.13. The first-order chi connectivity index (χ1) is 8.74. The van der Waals surface area contributed by atoms with Crippen LogP contribution in [0.5, 0.6) is 0 Å². The number of halogens is 2. The third-order valence-electron chi connectivity index (χ3n) is 3.30. The van der Waals surface area contributed by atoms with Crippen LogP contribution in [0.2, 0.25) is 0 Å². The summed E-state index contributed by atoms with van der Waals surface area (Å²) in [6.07, 6.45) is 4.78. The lowest BCUT2D eigenvalue weighted by Crippen LogP contribution is -1.93. The van der Waals surface area contributed by atoms with E-state index in [1.807, 2.05) is 30.3 Å². The first kappa shape index (κ1) is 13.5. The smallest absolute Gasteiger partial charge is 0.131 e.